The molecule has 0 fully saturated rings. The molecule has 0 saturated heterocycles. The molecule has 0 unspecified atom stereocenters. The predicted molar refractivity (Wildman–Crippen MR) is 85.6 cm³/mol. The van der Waals surface area contributed by atoms with E-state index in [9.17, 15) is 4.39 Å². The molecule has 0 amide bonds. The zero-order chi connectivity index (χ0) is 15.1. The van der Waals surface area contributed by atoms with E-state index in [0.29, 0.717) is 10.3 Å². The third kappa shape index (κ3) is 2.45. The van der Waals surface area contributed by atoms with Gasteiger partial charge in [-0.3, -0.25) is 4.57 Å². The van der Waals surface area contributed by atoms with E-state index in [-0.39, 0.29) is 11.7 Å². The van der Waals surface area contributed by atoms with Crippen molar-refractivity contribution in [3.63, 3.8) is 0 Å². The molecule has 3 rings (SSSR count). The highest BCUT2D eigenvalue weighted by molar-refractivity contribution is 9.10. The molecular formula is C15H12BrClFN3. The molecule has 1 aromatic carbocycles. The molecule has 0 radical (unpaired) electrons. The van der Waals surface area contributed by atoms with Crippen LogP contribution in [-0.4, -0.2) is 14.5 Å². The summed E-state index contributed by atoms with van der Waals surface area (Å²) in [5, 5.41) is 0. The Bertz CT molecular complexity index is 845. The second kappa shape index (κ2) is 5.39. The number of aryl methyl sites for hydroxylation is 2. The predicted octanol–water partition coefficient (Wildman–Crippen LogP) is 4.68. The average molecular weight is 369 g/mol. The Morgan fingerprint density at radius 2 is 2.05 bits per heavy atom. The minimum atomic E-state index is -0.295. The summed E-state index contributed by atoms with van der Waals surface area (Å²) in [5.41, 5.74) is 4.15. The molecule has 3 nitrogen and oxygen atoms in total. The summed E-state index contributed by atoms with van der Waals surface area (Å²) in [7, 11) is 0. The third-order valence-corrected chi connectivity index (χ3v) is 4.15. The van der Waals surface area contributed by atoms with E-state index in [1.807, 2.05) is 24.5 Å². The quantitative estimate of drug-likeness (QED) is 0.615. The van der Waals surface area contributed by atoms with Gasteiger partial charge >= 0.3 is 0 Å². The van der Waals surface area contributed by atoms with Crippen LogP contribution in [-0.2, 0) is 5.88 Å². The van der Waals surface area contributed by atoms with Gasteiger partial charge in [0, 0.05) is 6.20 Å². The van der Waals surface area contributed by atoms with E-state index in [0.717, 1.165) is 28.0 Å². The Morgan fingerprint density at radius 1 is 1.29 bits per heavy atom. The van der Waals surface area contributed by atoms with E-state index >= 15 is 0 Å². The lowest BCUT2D eigenvalue weighted by molar-refractivity contribution is 0.619. The van der Waals surface area contributed by atoms with Crippen LogP contribution in [0.1, 0.15) is 17.0 Å². The van der Waals surface area contributed by atoms with Crippen molar-refractivity contribution in [1.82, 2.24) is 14.5 Å². The van der Waals surface area contributed by atoms with Crippen molar-refractivity contribution in [3.05, 3.63) is 51.6 Å². The SMILES string of the molecule is Cc1cnc2c(c1)nc(CCl)n2-c1cc(Br)c(F)cc1C. The highest BCUT2D eigenvalue weighted by Gasteiger charge is 2.16. The molecule has 2 heterocycles. The number of nitrogens with zero attached hydrogens (tertiary/aromatic N) is 3. The highest BCUT2D eigenvalue weighted by Crippen LogP contribution is 2.28. The summed E-state index contributed by atoms with van der Waals surface area (Å²) in [4.78, 5) is 8.97. The van der Waals surface area contributed by atoms with Gasteiger partial charge in [-0.2, -0.15) is 0 Å². The van der Waals surface area contributed by atoms with E-state index in [4.69, 9.17) is 11.6 Å². The first-order valence-corrected chi connectivity index (χ1v) is 7.70. The molecule has 21 heavy (non-hydrogen) atoms. The van der Waals surface area contributed by atoms with E-state index in [1.165, 1.54) is 6.07 Å². The maximum absolute atomic E-state index is 13.6. The van der Waals surface area contributed by atoms with Crippen LogP contribution in [0.2, 0.25) is 0 Å². The van der Waals surface area contributed by atoms with Crippen LogP contribution in [0.3, 0.4) is 0 Å². The number of imidazole rings is 1. The van der Waals surface area contributed by atoms with Crippen molar-refractivity contribution in [2.75, 3.05) is 0 Å². The molecule has 0 spiro atoms. The Hall–Kier alpha value is -1.46. The molecule has 3 aromatic rings. The van der Waals surface area contributed by atoms with Gasteiger partial charge in [-0.1, -0.05) is 0 Å². The molecule has 0 bridgehead atoms. The number of aromatic nitrogens is 3. The fourth-order valence-electron chi connectivity index (χ4n) is 2.33. The second-order valence-electron chi connectivity index (χ2n) is 4.91. The maximum Gasteiger partial charge on any atom is 0.164 e. The van der Waals surface area contributed by atoms with Crippen LogP contribution in [0.15, 0.2) is 28.9 Å². The summed E-state index contributed by atoms with van der Waals surface area (Å²) in [6, 6.07) is 5.17. The summed E-state index contributed by atoms with van der Waals surface area (Å²) in [6.45, 7) is 3.81. The molecular weight excluding hydrogens is 357 g/mol. The Kier molecular flexibility index (Phi) is 3.71. The van der Waals surface area contributed by atoms with Crippen LogP contribution in [0.5, 0.6) is 0 Å². The number of rotatable bonds is 2. The van der Waals surface area contributed by atoms with Crippen molar-refractivity contribution >= 4 is 38.7 Å². The molecule has 0 saturated carbocycles. The van der Waals surface area contributed by atoms with Gasteiger partial charge in [-0.15, -0.1) is 11.6 Å². The van der Waals surface area contributed by atoms with Gasteiger partial charge in [0.2, 0.25) is 0 Å². The number of hydrogen-bond acceptors (Lipinski definition) is 2. The minimum Gasteiger partial charge on any atom is -0.279 e. The number of halogens is 3. The monoisotopic (exact) mass is 367 g/mol. The summed E-state index contributed by atoms with van der Waals surface area (Å²) in [5.74, 6) is 0.646. The topological polar surface area (TPSA) is 30.7 Å². The van der Waals surface area contributed by atoms with Crippen molar-refractivity contribution < 1.29 is 4.39 Å². The van der Waals surface area contributed by atoms with Gasteiger partial charge in [0.15, 0.2) is 5.65 Å². The third-order valence-electron chi connectivity index (χ3n) is 3.30. The Balaban J connectivity index is 2.36. The lowest BCUT2D eigenvalue weighted by Gasteiger charge is -2.11. The smallest absolute Gasteiger partial charge is 0.164 e. The number of fused-ring (bicyclic) bond motifs is 1. The first kappa shape index (κ1) is 14.5. The molecule has 0 aliphatic carbocycles. The van der Waals surface area contributed by atoms with Crippen molar-refractivity contribution in [1.29, 1.82) is 0 Å². The average Bonchev–Trinajstić information content (AvgIpc) is 2.80. The van der Waals surface area contributed by atoms with Gasteiger partial charge < -0.3 is 0 Å². The maximum atomic E-state index is 13.6. The number of pyridine rings is 1. The van der Waals surface area contributed by atoms with Gasteiger partial charge in [-0.25, -0.2) is 14.4 Å². The van der Waals surface area contributed by atoms with E-state index in [1.54, 1.807) is 12.3 Å². The number of hydrogen-bond donors (Lipinski definition) is 0. The summed E-state index contributed by atoms with van der Waals surface area (Å²) >= 11 is 9.25. The minimum absolute atomic E-state index is 0.254. The molecule has 0 aliphatic heterocycles. The summed E-state index contributed by atoms with van der Waals surface area (Å²) in [6.07, 6.45) is 1.78. The Morgan fingerprint density at radius 3 is 2.76 bits per heavy atom. The molecule has 2 aromatic heterocycles. The van der Waals surface area contributed by atoms with Gasteiger partial charge in [0.1, 0.15) is 17.2 Å². The Labute approximate surface area is 134 Å². The van der Waals surface area contributed by atoms with Crippen LogP contribution >= 0.6 is 27.5 Å². The molecule has 0 aliphatic rings. The number of alkyl halides is 1. The zero-order valence-corrected chi connectivity index (χ0v) is 13.8. The van der Waals surface area contributed by atoms with Gasteiger partial charge in [0.05, 0.1) is 16.0 Å². The molecule has 0 atom stereocenters. The van der Waals surface area contributed by atoms with Gasteiger partial charge in [-0.05, 0) is 59.1 Å². The van der Waals surface area contributed by atoms with E-state index < -0.39 is 0 Å². The molecule has 0 N–H and O–H groups in total. The second-order valence-corrected chi connectivity index (χ2v) is 6.03. The highest BCUT2D eigenvalue weighted by atomic mass is 79.9. The van der Waals surface area contributed by atoms with Crippen LogP contribution in [0.25, 0.3) is 16.9 Å². The van der Waals surface area contributed by atoms with E-state index in [2.05, 4.69) is 25.9 Å². The molecule has 6 heteroatoms. The number of benzene rings is 1. The summed E-state index contributed by atoms with van der Waals surface area (Å²) < 4.78 is 15.9. The lowest BCUT2D eigenvalue weighted by atomic mass is 10.2. The largest absolute Gasteiger partial charge is 0.279 e. The molecule has 108 valence electrons. The van der Waals surface area contributed by atoms with Gasteiger partial charge in [0.25, 0.3) is 0 Å². The van der Waals surface area contributed by atoms with Crippen LogP contribution in [0, 0.1) is 19.7 Å². The van der Waals surface area contributed by atoms with Crippen LogP contribution in [0.4, 0.5) is 4.39 Å². The standard InChI is InChI=1S/C15H12BrClFN3/c1-8-3-12-15(19-7-8)21(14(6-17)20-12)13-5-10(16)11(18)4-9(13)2/h3-5,7H,6H2,1-2H3. The van der Waals surface area contributed by atoms with Crippen molar-refractivity contribution in [3.8, 4) is 5.69 Å². The first-order valence-electron chi connectivity index (χ1n) is 6.37. The van der Waals surface area contributed by atoms with Crippen molar-refractivity contribution in [2.24, 2.45) is 0 Å². The zero-order valence-electron chi connectivity index (χ0n) is 11.5. The fourth-order valence-corrected chi connectivity index (χ4v) is 2.84. The van der Waals surface area contributed by atoms with Crippen molar-refractivity contribution in [2.45, 2.75) is 19.7 Å². The fraction of sp³-hybridized carbons (Fsp3) is 0.200. The first-order chi connectivity index (χ1) is 10.0. The lowest BCUT2D eigenvalue weighted by Crippen LogP contribution is -2.03. The normalized spacial score (nSPS) is 11.3. The van der Waals surface area contributed by atoms with Crippen LogP contribution < -0.4 is 0 Å².